The van der Waals surface area contributed by atoms with Crippen LogP contribution in [-0.2, 0) is 11.3 Å². The Hall–Kier alpha value is -3.15. The van der Waals surface area contributed by atoms with Gasteiger partial charge in [0.05, 0.1) is 29.9 Å². The average Bonchev–Trinajstić information content (AvgIpc) is 2.70. The smallest absolute Gasteiger partial charge is 0.261 e. The van der Waals surface area contributed by atoms with Crippen LogP contribution in [0.15, 0.2) is 59.7 Å². The molecule has 1 aliphatic rings. The van der Waals surface area contributed by atoms with Gasteiger partial charge < -0.3 is 10.1 Å². The van der Waals surface area contributed by atoms with Crippen molar-refractivity contribution in [2.24, 2.45) is 0 Å². The highest BCUT2D eigenvalue weighted by Crippen LogP contribution is 2.31. The van der Waals surface area contributed by atoms with E-state index in [0.717, 1.165) is 17.7 Å². The van der Waals surface area contributed by atoms with E-state index in [1.165, 1.54) is 0 Å². The Morgan fingerprint density at radius 3 is 2.93 bits per heavy atom. The minimum Gasteiger partial charge on any atom is -0.493 e. The highest BCUT2D eigenvalue weighted by molar-refractivity contribution is 5.77. The first kappa shape index (κ1) is 17.3. The highest BCUT2D eigenvalue weighted by Gasteiger charge is 2.22. The van der Waals surface area contributed by atoms with Gasteiger partial charge in [-0.1, -0.05) is 30.3 Å². The van der Waals surface area contributed by atoms with E-state index in [2.05, 4.69) is 10.3 Å². The first-order valence-corrected chi connectivity index (χ1v) is 9.17. The number of benzene rings is 2. The zero-order valence-corrected chi connectivity index (χ0v) is 14.9. The van der Waals surface area contributed by atoms with Crippen molar-refractivity contribution >= 4 is 16.8 Å². The first-order valence-electron chi connectivity index (χ1n) is 9.17. The van der Waals surface area contributed by atoms with Crippen molar-refractivity contribution < 1.29 is 9.53 Å². The van der Waals surface area contributed by atoms with E-state index >= 15 is 0 Å². The Bertz CT molecular complexity index is 1030. The molecule has 0 fully saturated rings. The van der Waals surface area contributed by atoms with E-state index in [1.807, 2.05) is 42.5 Å². The van der Waals surface area contributed by atoms with Crippen LogP contribution in [0.2, 0.25) is 0 Å². The molecule has 2 heterocycles. The van der Waals surface area contributed by atoms with E-state index < -0.39 is 0 Å². The third-order valence-electron chi connectivity index (χ3n) is 4.83. The lowest BCUT2D eigenvalue weighted by molar-refractivity contribution is -0.122. The van der Waals surface area contributed by atoms with Crippen LogP contribution in [0.3, 0.4) is 0 Å². The van der Waals surface area contributed by atoms with Gasteiger partial charge in [0.25, 0.3) is 5.56 Å². The molecule has 1 amide bonds. The van der Waals surface area contributed by atoms with Gasteiger partial charge in [0.1, 0.15) is 5.75 Å². The van der Waals surface area contributed by atoms with Crippen LogP contribution in [0.1, 0.15) is 30.9 Å². The van der Waals surface area contributed by atoms with Crippen LogP contribution in [0, 0.1) is 0 Å². The molecule has 0 unspecified atom stereocenters. The normalized spacial score (nSPS) is 15.8. The topological polar surface area (TPSA) is 73.2 Å². The summed E-state index contributed by atoms with van der Waals surface area (Å²) in [5.41, 5.74) is 1.64. The fourth-order valence-electron chi connectivity index (χ4n) is 3.43. The van der Waals surface area contributed by atoms with E-state index in [4.69, 9.17) is 4.74 Å². The van der Waals surface area contributed by atoms with Gasteiger partial charge in [0.15, 0.2) is 0 Å². The molecule has 0 aliphatic carbocycles. The zero-order chi connectivity index (χ0) is 18.6. The number of para-hydroxylation sites is 2. The lowest BCUT2D eigenvalue weighted by atomic mass is 10.0. The number of nitrogens with one attached hydrogen (secondary N) is 1. The van der Waals surface area contributed by atoms with Gasteiger partial charge in [-0.15, -0.1) is 0 Å². The Morgan fingerprint density at radius 1 is 1.19 bits per heavy atom. The highest BCUT2D eigenvalue weighted by atomic mass is 16.5. The number of amides is 1. The molecule has 1 atom stereocenters. The molecule has 3 aromatic rings. The summed E-state index contributed by atoms with van der Waals surface area (Å²) in [4.78, 5) is 29.1. The maximum atomic E-state index is 12.5. The van der Waals surface area contributed by atoms with Crippen LogP contribution in [-0.4, -0.2) is 22.1 Å². The summed E-state index contributed by atoms with van der Waals surface area (Å²) in [5, 5.41) is 3.68. The van der Waals surface area contributed by atoms with Gasteiger partial charge in [-0.25, -0.2) is 4.98 Å². The van der Waals surface area contributed by atoms with Gasteiger partial charge in [0.2, 0.25) is 5.91 Å². The molecule has 0 bridgehead atoms. The second-order valence-corrected chi connectivity index (χ2v) is 6.66. The minimum absolute atomic E-state index is 0.0153. The molecule has 27 heavy (non-hydrogen) atoms. The molecule has 0 saturated heterocycles. The molecule has 0 saturated carbocycles. The fraction of sp³-hybridized carbons (Fsp3) is 0.286. The second kappa shape index (κ2) is 7.61. The van der Waals surface area contributed by atoms with E-state index in [9.17, 15) is 9.59 Å². The summed E-state index contributed by atoms with van der Waals surface area (Å²) in [6.45, 7) is 1.06. The van der Waals surface area contributed by atoms with Crippen LogP contribution >= 0.6 is 0 Å². The summed E-state index contributed by atoms with van der Waals surface area (Å²) < 4.78 is 7.20. The Morgan fingerprint density at radius 2 is 2.00 bits per heavy atom. The minimum atomic E-state index is -0.0700. The summed E-state index contributed by atoms with van der Waals surface area (Å²) in [5.74, 6) is 0.821. The summed E-state index contributed by atoms with van der Waals surface area (Å²) in [6.07, 6.45) is 3.25. The third kappa shape index (κ3) is 3.69. The molecule has 1 aliphatic heterocycles. The lowest BCUT2D eigenvalue weighted by Gasteiger charge is -2.26. The summed E-state index contributed by atoms with van der Waals surface area (Å²) >= 11 is 0. The molecule has 0 spiro atoms. The monoisotopic (exact) mass is 363 g/mol. The van der Waals surface area contributed by atoms with Crippen molar-refractivity contribution in [2.45, 2.75) is 31.8 Å². The van der Waals surface area contributed by atoms with Gasteiger partial charge in [-0.05, 0) is 24.6 Å². The first-order chi connectivity index (χ1) is 13.2. The Kier molecular flexibility index (Phi) is 4.87. The number of hydrogen-bond donors (Lipinski definition) is 1. The number of ether oxygens (including phenoxy) is 1. The SMILES string of the molecule is O=C(CCCn1cnc2ccccc2c1=O)N[C@H]1CCOc2ccccc21. The van der Waals surface area contributed by atoms with Crippen molar-refractivity contribution in [3.63, 3.8) is 0 Å². The van der Waals surface area contributed by atoms with Crippen molar-refractivity contribution in [2.75, 3.05) is 6.61 Å². The Balaban J connectivity index is 1.36. The zero-order valence-electron chi connectivity index (χ0n) is 14.9. The van der Waals surface area contributed by atoms with E-state index in [1.54, 1.807) is 17.0 Å². The van der Waals surface area contributed by atoms with Gasteiger partial charge in [0, 0.05) is 24.9 Å². The molecule has 4 rings (SSSR count). The van der Waals surface area contributed by atoms with Crippen LogP contribution in [0.5, 0.6) is 5.75 Å². The molecule has 6 heteroatoms. The van der Waals surface area contributed by atoms with Gasteiger partial charge in [-0.3, -0.25) is 14.2 Å². The van der Waals surface area contributed by atoms with Gasteiger partial charge in [-0.2, -0.15) is 0 Å². The van der Waals surface area contributed by atoms with Crippen molar-refractivity contribution in [1.29, 1.82) is 0 Å². The predicted octanol–water partition coefficient (Wildman–Crippen LogP) is 2.82. The standard InChI is InChI=1S/C21H21N3O3/c25-20(23-18-11-13-27-19-9-4-2-6-15(18)19)10-5-12-24-14-22-17-8-3-1-7-16(17)21(24)26/h1-4,6-9,14,18H,5,10-13H2,(H,23,25)/t18-/m0/s1. The van der Waals surface area contributed by atoms with Crippen LogP contribution < -0.4 is 15.6 Å². The van der Waals surface area contributed by atoms with Crippen molar-refractivity contribution in [1.82, 2.24) is 14.9 Å². The predicted molar refractivity (Wildman–Crippen MR) is 103 cm³/mol. The van der Waals surface area contributed by atoms with Crippen LogP contribution in [0.4, 0.5) is 0 Å². The average molecular weight is 363 g/mol. The number of aryl methyl sites for hydroxylation is 1. The van der Waals surface area contributed by atoms with E-state index in [0.29, 0.717) is 36.9 Å². The number of rotatable bonds is 5. The van der Waals surface area contributed by atoms with Crippen molar-refractivity contribution in [3.05, 3.63) is 70.8 Å². The maximum absolute atomic E-state index is 12.5. The molecule has 0 radical (unpaired) electrons. The molecule has 138 valence electrons. The van der Waals surface area contributed by atoms with Gasteiger partial charge >= 0.3 is 0 Å². The number of fused-ring (bicyclic) bond motifs is 2. The van der Waals surface area contributed by atoms with Crippen molar-refractivity contribution in [3.8, 4) is 5.75 Å². The summed E-state index contributed by atoms with van der Waals surface area (Å²) in [6, 6.07) is 15.0. The molecular weight excluding hydrogens is 342 g/mol. The number of carbonyl (C=O) groups is 1. The summed E-state index contributed by atoms with van der Waals surface area (Å²) in [7, 11) is 0. The maximum Gasteiger partial charge on any atom is 0.261 e. The number of carbonyl (C=O) groups excluding carboxylic acids is 1. The molecule has 1 aromatic heterocycles. The Labute approximate surface area is 156 Å². The molecule has 6 nitrogen and oxygen atoms in total. The lowest BCUT2D eigenvalue weighted by Crippen LogP contribution is -2.32. The third-order valence-corrected chi connectivity index (χ3v) is 4.83. The molecule has 2 aromatic carbocycles. The molecular formula is C21H21N3O3. The number of hydrogen-bond acceptors (Lipinski definition) is 4. The quantitative estimate of drug-likeness (QED) is 0.756. The van der Waals surface area contributed by atoms with Crippen LogP contribution in [0.25, 0.3) is 10.9 Å². The molecule has 1 N–H and O–H groups in total. The number of aromatic nitrogens is 2. The second-order valence-electron chi connectivity index (χ2n) is 6.66. The largest absolute Gasteiger partial charge is 0.493 e. The van der Waals surface area contributed by atoms with E-state index in [-0.39, 0.29) is 17.5 Å². The number of nitrogens with zero attached hydrogens (tertiary/aromatic N) is 2. The fourth-order valence-corrected chi connectivity index (χ4v) is 3.43.